The number of nitrogens with two attached hydrogens (primary N) is 4. The molecule has 0 rings (SSSR count). The van der Waals surface area contributed by atoms with Gasteiger partial charge in [0.05, 0.1) is 0 Å². The summed E-state index contributed by atoms with van der Waals surface area (Å²) in [7, 11) is 2.02. The molecule has 0 aliphatic rings. The van der Waals surface area contributed by atoms with Gasteiger partial charge in [0.1, 0.15) is 0 Å². The summed E-state index contributed by atoms with van der Waals surface area (Å²) in [4.78, 5) is 9.99. The fraction of sp³-hybridized carbons (Fsp3) is 1.00. The van der Waals surface area contributed by atoms with Gasteiger partial charge in [-0.15, -0.1) is 0 Å². The van der Waals surface area contributed by atoms with E-state index in [0.717, 1.165) is 111 Å². The topological polar surface area (TPSA) is 141 Å². The minimum absolute atomic E-state index is 0.678. The van der Waals surface area contributed by atoms with Crippen molar-refractivity contribution in [2.75, 3.05) is 131 Å². The Balaban J connectivity index is 4.78. The first-order chi connectivity index (χ1) is 15.6. The molecule has 10 N–H and O–H groups in total. The molecule has 0 unspecified atom stereocenters. The highest BCUT2D eigenvalue weighted by Crippen LogP contribution is 1.98. The Morgan fingerprint density at radius 2 is 0.875 bits per heavy atom. The van der Waals surface area contributed by atoms with Gasteiger partial charge in [0, 0.05) is 118 Å². The second-order valence-corrected chi connectivity index (χ2v) is 8.37. The average Bonchev–Trinajstić information content (AvgIpc) is 2.79. The molecule has 0 aliphatic carbocycles. The third-order valence-corrected chi connectivity index (χ3v) is 5.68. The number of rotatable bonds is 25. The summed E-state index contributed by atoms with van der Waals surface area (Å²) in [6.45, 7) is 20.1. The lowest BCUT2D eigenvalue weighted by atomic mass is 10.3. The summed E-state index contributed by atoms with van der Waals surface area (Å²) in [5.41, 5.74) is 23.0. The molecular weight excluding hydrogens is 404 g/mol. The van der Waals surface area contributed by atoms with E-state index in [1.165, 1.54) is 0 Å². The van der Waals surface area contributed by atoms with Crippen LogP contribution in [0.3, 0.4) is 0 Å². The summed E-state index contributed by atoms with van der Waals surface area (Å²) in [5, 5.41) is 6.73. The highest BCUT2D eigenvalue weighted by atomic mass is 15.2. The highest BCUT2D eigenvalue weighted by Gasteiger charge is 2.13. The summed E-state index contributed by atoms with van der Waals surface area (Å²) >= 11 is 0. The van der Waals surface area contributed by atoms with Crippen LogP contribution in [0.15, 0.2) is 0 Å². The Kier molecular flexibility index (Phi) is 23.5. The van der Waals surface area contributed by atoms with E-state index in [1.807, 2.05) is 7.05 Å². The zero-order valence-corrected chi connectivity index (χ0v) is 21.2. The van der Waals surface area contributed by atoms with Gasteiger partial charge in [-0.05, 0) is 20.0 Å². The van der Waals surface area contributed by atoms with E-state index >= 15 is 0 Å². The number of nitrogens with zero attached hydrogens (tertiary/aromatic N) is 4. The van der Waals surface area contributed by atoms with E-state index in [0.29, 0.717) is 19.6 Å². The Morgan fingerprint density at radius 1 is 0.469 bits per heavy atom. The van der Waals surface area contributed by atoms with Crippen LogP contribution in [0.5, 0.6) is 0 Å². The fourth-order valence-corrected chi connectivity index (χ4v) is 3.79. The van der Waals surface area contributed by atoms with Gasteiger partial charge in [0.2, 0.25) is 0 Å². The van der Waals surface area contributed by atoms with Crippen LogP contribution in [-0.2, 0) is 0 Å². The quantitative estimate of drug-likeness (QED) is 0.0794. The molecule has 10 heteroatoms. The van der Waals surface area contributed by atoms with Gasteiger partial charge in [-0.1, -0.05) is 6.92 Å². The van der Waals surface area contributed by atoms with Gasteiger partial charge >= 0.3 is 0 Å². The van der Waals surface area contributed by atoms with E-state index in [1.54, 1.807) is 0 Å². The van der Waals surface area contributed by atoms with Crippen molar-refractivity contribution >= 4 is 0 Å². The summed E-state index contributed by atoms with van der Waals surface area (Å²) in [6, 6.07) is 0. The van der Waals surface area contributed by atoms with Crippen LogP contribution in [0.1, 0.15) is 13.3 Å². The molecule has 194 valence electrons. The second kappa shape index (κ2) is 23.7. The zero-order chi connectivity index (χ0) is 23.9. The van der Waals surface area contributed by atoms with Crippen molar-refractivity contribution in [3.8, 4) is 0 Å². The van der Waals surface area contributed by atoms with Gasteiger partial charge < -0.3 is 38.5 Å². The van der Waals surface area contributed by atoms with Crippen molar-refractivity contribution in [3.05, 3.63) is 0 Å². The molecule has 0 amide bonds. The molecule has 0 atom stereocenters. The first kappa shape index (κ1) is 31.6. The Labute approximate surface area is 198 Å². The second-order valence-electron chi connectivity index (χ2n) is 8.37. The first-order valence-corrected chi connectivity index (χ1v) is 12.7. The molecule has 32 heavy (non-hydrogen) atoms. The van der Waals surface area contributed by atoms with Gasteiger partial charge in [0.25, 0.3) is 0 Å². The molecule has 0 spiro atoms. The van der Waals surface area contributed by atoms with Crippen LogP contribution >= 0.6 is 0 Å². The number of nitrogens with one attached hydrogen (secondary N) is 2. The maximum atomic E-state index is 5.82. The molecule has 0 aliphatic heterocycles. The van der Waals surface area contributed by atoms with Crippen LogP contribution < -0.4 is 33.6 Å². The molecule has 10 nitrogen and oxygen atoms in total. The molecule has 0 aromatic carbocycles. The predicted octanol–water partition coefficient (Wildman–Crippen LogP) is -2.75. The number of likely N-dealkylation sites (N-methyl/N-ethyl adjacent to an activating group) is 1. The standard InChI is InChI=1S/C22H56N10/c1-3-11-29(12-5-24)17-19-32(16-10-28-8-4-23)22-21-31(15-9-27-2)20-18-30(13-6-25)14-7-26/h27-28H,3-26H2,1-2H3. The van der Waals surface area contributed by atoms with Crippen LogP contribution in [0.4, 0.5) is 0 Å². The molecule has 0 fully saturated rings. The Hall–Kier alpha value is -0.400. The lowest BCUT2D eigenvalue weighted by Crippen LogP contribution is -2.46. The number of hydrogen-bond donors (Lipinski definition) is 6. The van der Waals surface area contributed by atoms with Crippen molar-refractivity contribution in [1.82, 2.24) is 30.2 Å². The Morgan fingerprint density at radius 3 is 1.25 bits per heavy atom. The van der Waals surface area contributed by atoms with Crippen molar-refractivity contribution in [1.29, 1.82) is 0 Å². The largest absolute Gasteiger partial charge is 0.329 e. The normalized spacial score (nSPS) is 12.2. The van der Waals surface area contributed by atoms with E-state index in [4.69, 9.17) is 22.9 Å². The molecule has 0 heterocycles. The molecule has 0 bridgehead atoms. The number of hydrogen-bond acceptors (Lipinski definition) is 10. The first-order valence-electron chi connectivity index (χ1n) is 12.7. The van der Waals surface area contributed by atoms with Crippen molar-refractivity contribution in [2.24, 2.45) is 22.9 Å². The summed E-state index contributed by atoms with van der Waals surface area (Å²) in [6.07, 6.45) is 1.16. The van der Waals surface area contributed by atoms with Crippen molar-refractivity contribution in [2.45, 2.75) is 13.3 Å². The molecule has 0 aromatic rings. The van der Waals surface area contributed by atoms with Crippen LogP contribution in [0, 0.1) is 0 Å². The van der Waals surface area contributed by atoms with E-state index in [2.05, 4.69) is 37.2 Å². The third kappa shape index (κ3) is 18.1. The molecule has 0 aromatic heterocycles. The molecule has 0 saturated heterocycles. The minimum Gasteiger partial charge on any atom is -0.329 e. The lowest BCUT2D eigenvalue weighted by molar-refractivity contribution is 0.164. The molecule has 0 saturated carbocycles. The fourth-order valence-electron chi connectivity index (χ4n) is 3.79. The molecule has 0 radical (unpaired) electrons. The lowest BCUT2D eigenvalue weighted by Gasteiger charge is -2.31. The van der Waals surface area contributed by atoms with Gasteiger partial charge in [-0.25, -0.2) is 0 Å². The van der Waals surface area contributed by atoms with Crippen molar-refractivity contribution < 1.29 is 0 Å². The van der Waals surface area contributed by atoms with E-state index < -0.39 is 0 Å². The molecular formula is C22H56N10. The SMILES string of the molecule is CCCN(CCN)CCN(CCNCCN)CCN(CCNC)CCN(CCN)CCN. The Bertz CT molecular complexity index is 363. The summed E-state index contributed by atoms with van der Waals surface area (Å²) < 4.78 is 0. The average molecular weight is 461 g/mol. The van der Waals surface area contributed by atoms with E-state index in [-0.39, 0.29) is 0 Å². The van der Waals surface area contributed by atoms with Gasteiger partial charge in [-0.3, -0.25) is 14.7 Å². The zero-order valence-electron chi connectivity index (χ0n) is 21.2. The van der Waals surface area contributed by atoms with Gasteiger partial charge in [-0.2, -0.15) is 0 Å². The monoisotopic (exact) mass is 460 g/mol. The van der Waals surface area contributed by atoms with Crippen molar-refractivity contribution in [3.63, 3.8) is 0 Å². The summed E-state index contributed by atoms with van der Waals surface area (Å²) in [5.74, 6) is 0. The van der Waals surface area contributed by atoms with Gasteiger partial charge in [0.15, 0.2) is 0 Å². The van der Waals surface area contributed by atoms with Crippen LogP contribution in [0.25, 0.3) is 0 Å². The third-order valence-electron chi connectivity index (χ3n) is 5.68. The van der Waals surface area contributed by atoms with E-state index in [9.17, 15) is 0 Å². The predicted molar refractivity (Wildman–Crippen MR) is 139 cm³/mol. The van der Waals surface area contributed by atoms with Crippen LogP contribution in [0.2, 0.25) is 0 Å². The maximum absolute atomic E-state index is 5.82. The minimum atomic E-state index is 0.678. The smallest absolute Gasteiger partial charge is 0.0110 e. The highest BCUT2D eigenvalue weighted by molar-refractivity contribution is 4.70. The maximum Gasteiger partial charge on any atom is 0.0110 e. The van der Waals surface area contributed by atoms with Crippen LogP contribution in [-0.4, -0.2) is 151 Å².